The van der Waals surface area contributed by atoms with E-state index in [1.165, 1.54) is 0 Å². The molecule has 1 aromatic heterocycles. The second kappa shape index (κ2) is 7.57. The maximum Gasteiger partial charge on any atom is 0.407 e. The molecule has 0 aliphatic heterocycles. The second-order valence-electron chi connectivity index (χ2n) is 5.14. The summed E-state index contributed by atoms with van der Waals surface area (Å²) < 4.78 is 10.6. The number of nitrogens with zero attached hydrogens (tertiary/aromatic N) is 1. The van der Waals surface area contributed by atoms with Gasteiger partial charge in [-0.05, 0) is 39.8 Å². The highest BCUT2D eigenvalue weighted by Gasteiger charge is 2.15. The molecule has 112 valence electrons. The van der Waals surface area contributed by atoms with Crippen molar-refractivity contribution in [2.75, 3.05) is 25.0 Å². The van der Waals surface area contributed by atoms with Crippen LogP contribution in [-0.4, -0.2) is 36.4 Å². The first-order valence-electron chi connectivity index (χ1n) is 6.71. The van der Waals surface area contributed by atoms with Gasteiger partial charge in [0.2, 0.25) is 0 Å². The summed E-state index contributed by atoms with van der Waals surface area (Å²) in [6, 6.07) is 3.66. The van der Waals surface area contributed by atoms with Gasteiger partial charge in [-0.2, -0.15) is 0 Å². The van der Waals surface area contributed by atoms with Gasteiger partial charge < -0.3 is 20.1 Å². The number of anilines is 1. The number of amides is 1. The summed E-state index contributed by atoms with van der Waals surface area (Å²) in [7, 11) is 0. The standard InChI is InChI=1S/C14H23N3O3/c1-5-19-11-7-6-8-15-12(11)16-9-10-17-13(18)20-14(2,3)4/h6-8H,5,9-10H2,1-4H3,(H,15,16)(H,17,18). The fourth-order valence-electron chi connectivity index (χ4n) is 1.45. The lowest BCUT2D eigenvalue weighted by Crippen LogP contribution is -2.35. The molecule has 1 aromatic rings. The van der Waals surface area contributed by atoms with Gasteiger partial charge in [0.05, 0.1) is 6.61 Å². The minimum Gasteiger partial charge on any atom is -0.490 e. The van der Waals surface area contributed by atoms with Crippen LogP contribution in [0, 0.1) is 0 Å². The summed E-state index contributed by atoms with van der Waals surface area (Å²) >= 11 is 0. The third-order valence-electron chi connectivity index (χ3n) is 2.16. The third kappa shape index (κ3) is 6.26. The van der Waals surface area contributed by atoms with E-state index in [1.807, 2.05) is 39.8 Å². The molecule has 20 heavy (non-hydrogen) atoms. The zero-order valence-electron chi connectivity index (χ0n) is 12.5. The van der Waals surface area contributed by atoms with Gasteiger partial charge in [0, 0.05) is 19.3 Å². The summed E-state index contributed by atoms with van der Waals surface area (Å²) in [6.07, 6.45) is 1.26. The number of ether oxygens (including phenoxy) is 2. The molecule has 6 nitrogen and oxygen atoms in total. The van der Waals surface area contributed by atoms with Gasteiger partial charge in [-0.1, -0.05) is 0 Å². The molecule has 0 unspecified atom stereocenters. The molecule has 2 N–H and O–H groups in total. The van der Waals surface area contributed by atoms with Crippen LogP contribution in [0.3, 0.4) is 0 Å². The minimum atomic E-state index is -0.485. The summed E-state index contributed by atoms with van der Waals surface area (Å²) in [6.45, 7) is 8.96. The van der Waals surface area contributed by atoms with Crippen molar-refractivity contribution in [3.05, 3.63) is 18.3 Å². The van der Waals surface area contributed by atoms with Crippen LogP contribution in [0.25, 0.3) is 0 Å². The molecular formula is C14H23N3O3. The number of hydrogen-bond donors (Lipinski definition) is 2. The van der Waals surface area contributed by atoms with Crippen molar-refractivity contribution in [1.29, 1.82) is 0 Å². The van der Waals surface area contributed by atoms with Crippen LogP contribution >= 0.6 is 0 Å². The van der Waals surface area contributed by atoms with Crippen molar-refractivity contribution in [2.45, 2.75) is 33.3 Å². The number of carbonyl (C=O) groups is 1. The molecule has 0 fully saturated rings. The van der Waals surface area contributed by atoms with E-state index < -0.39 is 11.7 Å². The minimum absolute atomic E-state index is 0.426. The number of pyridine rings is 1. The maximum atomic E-state index is 11.4. The molecule has 1 heterocycles. The highest BCUT2D eigenvalue weighted by atomic mass is 16.6. The smallest absolute Gasteiger partial charge is 0.407 e. The van der Waals surface area contributed by atoms with Gasteiger partial charge >= 0.3 is 6.09 Å². The quantitative estimate of drug-likeness (QED) is 0.783. The van der Waals surface area contributed by atoms with Crippen molar-refractivity contribution < 1.29 is 14.3 Å². The normalized spacial score (nSPS) is 10.8. The zero-order valence-corrected chi connectivity index (χ0v) is 12.5. The first-order valence-corrected chi connectivity index (χ1v) is 6.71. The van der Waals surface area contributed by atoms with Crippen molar-refractivity contribution in [2.24, 2.45) is 0 Å². The lowest BCUT2D eigenvalue weighted by molar-refractivity contribution is 0.0530. The SMILES string of the molecule is CCOc1cccnc1NCCNC(=O)OC(C)(C)C. The van der Waals surface area contributed by atoms with Crippen molar-refractivity contribution in [3.8, 4) is 5.75 Å². The van der Waals surface area contributed by atoms with Crippen LogP contribution in [0.1, 0.15) is 27.7 Å². The molecule has 0 saturated heterocycles. The molecule has 1 rings (SSSR count). The van der Waals surface area contributed by atoms with Crippen LogP contribution in [0.4, 0.5) is 10.6 Å². The van der Waals surface area contributed by atoms with E-state index in [9.17, 15) is 4.79 Å². The predicted molar refractivity (Wildman–Crippen MR) is 78.1 cm³/mol. The van der Waals surface area contributed by atoms with Crippen LogP contribution < -0.4 is 15.4 Å². The average Bonchev–Trinajstić information content (AvgIpc) is 2.34. The van der Waals surface area contributed by atoms with Crippen molar-refractivity contribution >= 4 is 11.9 Å². The Morgan fingerprint density at radius 2 is 2.10 bits per heavy atom. The Hall–Kier alpha value is -1.98. The fraction of sp³-hybridized carbons (Fsp3) is 0.571. The monoisotopic (exact) mass is 281 g/mol. The number of alkyl carbamates (subject to hydrolysis) is 1. The molecule has 0 aliphatic rings. The van der Waals surface area contributed by atoms with Crippen LogP contribution in [0.15, 0.2) is 18.3 Å². The van der Waals surface area contributed by atoms with Crippen molar-refractivity contribution in [3.63, 3.8) is 0 Å². The van der Waals surface area contributed by atoms with E-state index in [1.54, 1.807) is 6.20 Å². The van der Waals surface area contributed by atoms with E-state index in [2.05, 4.69) is 15.6 Å². The number of hydrogen-bond acceptors (Lipinski definition) is 5. The summed E-state index contributed by atoms with van der Waals surface area (Å²) in [5.41, 5.74) is -0.485. The summed E-state index contributed by atoms with van der Waals surface area (Å²) in [5, 5.41) is 5.78. The van der Waals surface area contributed by atoms with Gasteiger partial charge in [0.25, 0.3) is 0 Å². The second-order valence-corrected chi connectivity index (χ2v) is 5.14. The first-order chi connectivity index (χ1) is 9.42. The zero-order chi connectivity index (χ0) is 15.0. The number of carbonyl (C=O) groups excluding carboxylic acids is 1. The van der Waals surface area contributed by atoms with Gasteiger partial charge in [-0.25, -0.2) is 9.78 Å². The number of nitrogens with one attached hydrogen (secondary N) is 2. The van der Waals surface area contributed by atoms with Gasteiger partial charge in [0.1, 0.15) is 5.60 Å². The van der Waals surface area contributed by atoms with E-state index in [0.29, 0.717) is 31.3 Å². The molecule has 0 spiro atoms. The molecule has 0 aromatic carbocycles. The first kappa shape index (κ1) is 16.1. The number of rotatable bonds is 6. The Labute approximate surface area is 119 Å². The maximum absolute atomic E-state index is 11.4. The van der Waals surface area contributed by atoms with Crippen molar-refractivity contribution in [1.82, 2.24) is 10.3 Å². The Kier molecular flexibility index (Phi) is 6.09. The molecular weight excluding hydrogens is 258 g/mol. The molecule has 6 heteroatoms. The molecule has 0 aliphatic carbocycles. The van der Waals surface area contributed by atoms with E-state index in [0.717, 1.165) is 0 Å². The Morgan fingerprint density at radius 1 is 1.35 bits per heavy atom. The van der Waals surface area contributed by atoms with Gasteiger partial charge in [0.15, 0.2) is 11.6 Å². The highest BCUT2D eigenvalue weighted by molar-refractivity contribution is 5.67. The predicted octanol–water partition coefficient (Wildman–Crippen LogP) is 2.42. The lowest BCUT2D eigenvalue weighted by atomic mass is 10.2. The van der Waals surface area contributed by atoms with Crippen LogP contribution in [0.5, 0.6) is 5.75 Å². The molecule has 1 amide bonds. The lowest BCUT2D eigenvalue weighted by Gasteiger charge is -2.19. The van der Waals surface area contributed by atoms with Gasteiger partial charge in [-0.3, -0.25) is 0 Å². The largest absolute Gasteiger partial charge is 0.490 e. The topological polar surface area (TPSA) is 72.5 Å². The fourth-order valence-corrected chi connectivity index (χ4v) is 1.45. The van der Waals surface area contributed by atoms with E-state index in [4.69, 9.17) is 9.47 Å². The van der Waals surface area contributed by atoms with E-state index >= 15 is 0 Å². The molecule has 0 bridgehead atoms. The molecule has 0 radical (unpaired) electrons. The summed E-state index contributed by atoms with van der Waals surface area (Å²) in [4.78, 5) is 15.6. The summed E-state index contributed by atoms with van der Waals surface area (Å²) in [5.74, 6) is 1.37. The molecule has 0 atom stereocenters. The Morgan fingerprint density at radius 3 is 2.75 bits per heavy atom. The van der Waals surface area contributed by atoms with Gasteiger partial charge in [-0.15, -0.1) is 0 Å². The Balaban J connectivity index is 2.33. The Bertz CT molecular complexity index is 430. The highest BCUT2D eigenvalue weighted by Crippen LogP contribution is 2.20. The van der Waals surface area contributed by atoms with Crippen LogP contribution in [0.2, 0.25) is 0 Å². The number of aromatic nitrogens is 1. The van der Waals surface area contributed by atoms with Crippen LogP contribution in [-0.2, 0) is 4.74 Å². The average molecular weight is 281 g/mol. The third-order valence-corrected chi connectivity index (χ3v) is 2.16. The van der Waals surface area contributed by atoms with E-state index in [-0.39, 0.29) is 0 Å². The molecule has 0 saturated carbocycles.